The third kappa shape index (κ3) is 4.19. The van der Waals surface area contributed by atoms with Gasteiger partial charge in [-0.05, 0) is 44.8 Å². The van der Waals surface area contributed by atoms with Crippen LogP contribution in [0.5, 0.6) is 0 Å². The van der Waals surface area contributed by atoms with Gasteiger partial charge in [-0.25, -0.2) is 15.0 Å². The Labute approximate surface area is 269 Å². The van der Waals surface area contributed by atoms with E-state index in [2.05, 4.69) is 0 Å². The van der Waals surface area contributed by atoms with Crippen molar-refractivity contribution >= 4 is 43.5 Å². The zero-order valence-corrected chi connectivity index (χ0v) is 23.6. The molecule has 2 heterocycles. The molecule has 0 N–H and O–H groups in total. The Kier molecular flexibility index (Phi) is 4.38. The van der Waals surface area contributed by atoms with E-state index >= 15 is 0 Å². The molecule has 9 rings (SSSR count). The second-order valence-electron chi connectivity index (χ2n) is 10.7. The highest BCUT2D eigenvalue weighted by Gasteiger charge is 2.19. The minimum atomic E-state index is -0.492. The summed E-state index contributed by atoms with van der Waals surface area (Å²) in [5, 5.41) is 3.14. The lowest BCUT2D eigenvalue weighted by molar-refractivity contribution is 0.669. The topological polar surface area (TPSA) is 51.8 Å². The van der Waals surface area contributed by atoms with Crippen molar-refractivity contribution in [3.63, 3.8) is 0 Å². The van der Waals surface area contributed by atoms with E-state index in [4.69, 9.17) is 29.0 Å². The number of para-hydroxylation sites is 1. The molecule has 0 saturated carbocycles. The van der Waals surface area contributed by atoms with Crippen LogP contribution in [0.3, 0.4) is 0 Å². The lowest BCUT2D eigenvalue weighted by Gasteiger charge is -2.14. The van der Waals surface area contributed by atoms with E-state index in [9.17, 15) is 0 Å². The predicted octanol–water partition coefficient (Wildman–Crippen LogP) is 10.7. The minimum Gasteiger partial charge on any atom is -0.456 e. The fourth-order valence-electron chi connectivity index (χ4n) is 6.03. The van der Waals surface area contributed by atoms with Crippen LogP contribution < -0.4 is 0 Å². The lowest BCUT2D eigenvalue weighted by Crippen LogP contribution is -2.01. The van der Waals surface area contributed by atoms with Gasteiger partial charge >= 0.3 is 0 Å². The molecule has 0 amide bonds. The van der Waals surface area contributed by atoms with E-state index in [-0.39, 0.29) is 28.4 Å². The van der Waals surface area contributed by atoms with Crippen LogP contribution in [0.4, 0.5) is 0 Å². The molecule has 0 aliphatic heterocycles. The van der Waals surface area contributed by atoms with Gasteiger partial charge in [-0.1, -0.05) is 139 Å². The van der Waals surface area contributed by atoms with Crippen LogP contribution in [-0.2, 0) is 0 Å². The maximum Gasteiger partial charge on any atom is 0.164 e. The van der Waals surface area contributed by atoms with Crippen LogP contribution in [0.1, 0.15) is 9.60 Å². The first kappa shape index (κ1) is 19.2. The average molecular weight is 583 g/mol. The van der Waals surface area contributed by atoms with Gasteiger partial charge in [-0.3, -0.25) is 0 Å². The second kappa shape index (κ2) is 10.2. The normalized spacial score (nSPS) is 13.7. The van der Waals surface area contributed by atoms with Crippen molar-refractivity contribution in [2.24, 2.45) is 0 Å². The summed E-state index contributed by atoms with van der Waals surface area (Å²) in [7, 11) is 0. The number of rotatable bonds is 4. The van der Waals surface area contributed by atoms with Gasteiger partial charge in [-0.15, -0.1) is 0 Å². The summed E-state index contributed by atoms with van der Waals surface area (Å²) >= 11 is 0. The number of hydrogen-bond donors (Lipinski definition) is 0. The summed E-state index contributed by atoms with van der Waals surface area (Å²) in [6.45, 7) is 0. The molecule has 45 heavy (non-hydrogen) atoms. The van der Waals surface area contributed by atoms with Gasteiger partial charge in [0.1, 0.15) is 11.2 Å². The molecule has 0 unspecified atom stereocenters. The van der Waals surface area contributed by atoms with Gasteiger partial charge in [-0.2, -0.15) is 0 Å². The molecule has 0 bridgehead atoms. The van der Waals surface area contributed by atoms with E-state index < -0.39 is 30.2 Å². The summed E-state index contributed by atoms with van der Waals surface area (Å²) in [4.78, 5) is 15.0. The molecular weight excluding hydrogens is 550 g/mol. The first-order chi connectivity index (χ1) is 25.2. The summed E-state index contributed by atoms with van der Waals surface area (Å²) in [6, 6.07) is 31.5. The van der Waals surface area contributed by atoms with Gasteiger partial charge in [0.15, 0.2) is 17.5 Å². The number of furan rings is 1. The zero-order chi connectivity index (χ0) is 35.8. The average Bonchev–Trinajstić information content (AvgIpc) is 3.57. The Morgan fingerprint density at radius 2 is 1.04 bits per heavy atom. The molecule has 210 valence electrons. The van der Waals surface area contributed by atoms with Gasteiger partial charge < -0.3 is 4.42 Å². The van der Waals surface area contributed by atoms with Crippen molar-refractivity contribution in [1.29, 1.82) is 0 Å². The molecule has 7 aromatic carbocycles. The number of fused-ring (bicyclic) bond motifs is 5. The van der Waals surface area contributed by atoms with Crippen molar-refractivity contribution < 1.29 is 14.0 Å². The summed E-state index contributed by atoms with van der Waals surface area (Å²) in [5.41, 5.74) is 4.36. The molecule has 0 atom stereocenters. The Morgan fingerprint density at radius 3 is 1.93 bits per heavy atom. The van der Waals surface area contributed by atoms with E-state index in [1.807, 2.05) is 97.1 Å². The Balaban J connectivity index is 1.34. The maximum absolute atomic E-state index is 9.00. The van der Waals surface area contributed by atoms with E-state index in [0.29, 0.717) is 39.6 Å². The molecule has 0 fully saturated rings. The third-order valence-electron chi connectivity index (χ3n) is 8.06. The maximum atomic E-state index is 9.00. The SMILES string of the molecule is [2H]c1c([2H])c([2H])c2c(-c3cccc4c(-c5nc(-c6ccccc6)nc(-c6cccc7oc8ccccc8c67)n5)cccc34)c([2H])c([2H])c([2H])c2c1[2H]. The van der Waals surface area contributed by atoms with E-state index in [1.54, 1.807) is 12.1 Å². The predicted molar refractivity (Wildman–Crippen MR) is 184 cm³/mol. The fraction of sp³-hybridized carbons (Fsp3) is 0. The monoisotopic (exact) mass is 582 g/mol. The van der Waals surface area contributed by atoms with Gasteiger partial charge in [0.05, 0.1) is 9.60 Å². The molecule has 0 radical (unpaired) electrons. The molecule has 0 aliphatic rings. The van der Waals surface area contributed by atoms with Crippen LogP contribution >= 0.6 is 0 Å². The lowest BCUT2D eigenvalue weighted by atomic mass is 9.92. The van der Waals surface area contributed by atoms with Crippen molar-refractivity contribution in [3.05, 3.63) is 151 Å². The highest BCUT2D eigenvalue weighted by molar-refractivity contribution is 6.12. The zero-order valence-electron chi connectivity index (χ0n) is 30.6. The smallest absolute Gasteiger partial charge is 0.164 e. The molecule has 9 aromatic rings. The van der Waals surface area contributed by atoms with Gasteiger partial charge in [0, 0.05) is 27.5 Å². The van der Waals surface area contributed by atoms with E-state index in [0.717, 1.165) is 32.9 Å². The van der Waals surface area contributed by atoms with Crippen LogP contribution in [0.2, 0.25) is 0 Å². The Morgan fingerprint density at radius 1 is 0.422 bits per heavy atom. The highest BCUT2D eigenvalue weighted by Crippen LogP contribution is 2.39. The van der Waals surface area contributed by atoms with Crippen molar-refractivity contribution in [2.75, 3.05) is 0 Å². The standard InChI is InChI=1S/C41H25N3O/c1-2-13-27(14-3-1)39-42-40(44-41(43-39)35-23-11-25-37-38(35)34-17-6-7-24-36(34)45-37)33-22-10-20-31-30(19-9-21-32(31)33)29-18-8-15-26-12-4-5-16-28(26)29/h1-25H/i4D,5D,8D,12D,15D,16D,18D. The largest absolute Gasteiger partial charge is 0.456 e. The molecule has 2 aromatic heterocycles. The quantitative estimate of drug-likeness (QED) is 0.207. The van der Waals surface area contributed by atoms with Crippen molar-refractivity contribution in [2.45, 2.75) is 0 Å². The number of benzene rings is 7. The number of nitrogens with zero attached hydrogens (tertiary/aromatic N) is 3. The van der Waals surface area contributed by atoms with Crippen LogP contribution in [0, 0.1) is 0 Å². The molecule has 0 aliphatic carbocycles. The Bertz CT molecular complexity index is 2940. The van der Waals surface area contributed by atoms with Crippen molar-refractivity contribution in [1.82, 2.24) is 15.0 Å². The molecule has 4 heteroatoms. The first-order valence-corrected chi connectivity index (χ1v) is 14.5. The third-order valence-corrected chi connectivity index (χ3v) is 8.06. The van der Waals surface area contributed by atoms with Gasteiger partial charge in [0.2, 0.25) is 0 Å². The van der Waals surface area contributed by atoms with E-state index in [1.165, 1.54) is 0 Å². The van der Waals surface area contributed by atoms with Gasteiger partial charge in [0.25, 0.3) is 0 Å². The summed E-state index contributed by atoms with van der Waals surface area (Å²) < 4.78 is 66.5. The molecule has 0 spiro atoms. The first-order valence-electron chi connectivity index (χ1n) is 18.0. The molecule has 0 saturated heterocycles. The number of hydrogen-bond acceptors (Lipinski definition) is 4. The molecule has 4 nitrogen and oxygen atoms in total. The molecular formula is C41H25N3O. The van der Waals surface area contributed by atoms with Crippen LogP contribution in [-0.4, -0.2) is 15.0 Å². The summed E-state index contributed by atoms with van der Waals surface area (Å²) in [5.74, 6) is 1.32. The Hall–Kier alpha value is -6.13. The van der Waals surface area contributed by atoms with Crippen LogP contribution in [0.15, 0.2) is 156 Å². The fourth-order valence-corrected chi connectivity index (χ4v) is 6.03. The second-order valence-corrected chi connectivity index (χ2v) is 10.7. The summed E-state index contributed by atoms with van der Waals surface area (Å²) in [6.07, 6.45) is 0. The highest BCUT2D eigenvalue weighted by atomic mass is 16.3. The van der Waals surface area contributed by atoms with Crippen molar-refractivity contribution in [3.8, 4) is 45.3 Å². The van der Waals surface area contributed by atoms with Crippen LogP contribution in [0.25, 0.3) is 88.8 Å². The number of aromatic nitrogens is 3. The minimum absolute atomic E-state index is 0.0316.